The molecule has 290 valence electrons. The van der Waals surface area contributed by atoms with Crippen LogP contribution < -0.4 is 0 Å². The summed E-state index contributed by atoms with van der Waals surface area (Å²) in [4.78, 5) is 18.5. The highest BCUT2D eigenvalue weighted by Gasteiger charge is 2.35. The van der Waals surface area contributed by atoms with Crippen LogP contribution in [0, 0.1) is 0 Å². The fourth-order valence-corrected chi connectivity index (χ4v) is 7.87. The number of hydrogen-bond donors (Lipinski definition) is 2. The van der Waals surface area contributed by atoms with Gasteiger partial charge in [0.05, 0.1) is 0 Å². The molecule has 5 heterocycles. The minimum absolute atomic E-state index is 0.571. The highest BCUT2D eigenvalue weighted by molar-refractivity contribution is 5.91. The number of benzene rings is 4. The second-order valence-corrected chi connectivity index (χ2v) is 13.8. The van der Waals surface area contributed by atoms with E-state index < -0.39 is 25.2 Å². The van der Waals surface area contributed by atoms with Gasteiger partial charge in [0.1, 0.15) is 22.8 Å². The minimum Gasteiger partial charge on any atom is -0.354 e. The molecular weight excluding hydrogens is 729 g/mol. The standard InChI is InChI=1S/C48H42N4O6/c1-53-45-41-37(29-17-9-5-10-18-29)33-25-26-35(49-33)39(31-21-13-7-14-22-31)43-47(55-3)58-48(56-4)44(52-43)40(32-23-15-8-16-24-32)36-28-27-34(50-36)38(30-19-11-6-12-20-30)42(51-41)46(54-2)57-45/h5-28,45-50H,1-4H3/t45-,46-,47-,48-/m0/s1. The third-order valence-corrected chi connectivity index (χ3v) is 10.4. The molecule has 58 heavy (non-hydrogen) atoms. The van der Waals surface area contributed by atoms with Crippen molar-refractivity contribution in [1.29, 1.82) is 0 Å². The quantitative estimate of drug-likeness (QED) is 0.157. The Balaban J connectivity index is 1.57. The van der Waals surface area contributed by atoms with Crippen LogP contribution in [0.4, 0.5) is 0 Å². The maximum absolute atomic E-state index is 6.69. The van der Waals surface area contributed by atoms with Crippen molar-refractivity contribution in [3.05, 3.63) is 168 Å². The van der Waals surface area contributed by atoms with Gasteiger partial charge in [-0.15, -0.1) is 0 Å². The number of H-pyrrole nitrogens is 2. The van der Waals surface area contributed by atoms with E-state index in [1.165, 1.54) is 0 Å². The van der Waals surface area contributed by atoms with Crippen LogP contribution in [-0.4, -0.2) is 48.4 Å². The summed E-state index contributed by atoms with van der Waals surface area (Å²) in [5, 5.41) is 0. The molecule has 4 aromatic carbocycles. The first-order valence-corrected chi connectivity index (χ1v) is 19.0. The molecule has 2 aliphatic rings. The summed E-state index contributed by atoms with van der Waals surface area (Å²) in [5.41, 5.74) is 12.2. The number of ether oxygens (including phenoxy) is 6. The van der Waals surface area contributed by atoms with Crippen LogP contribution in [-0.2, 0) is 28.4 Å². The Bertz CT molecular complexity index is 2340. The van der Waals surface area contributed by atoms with Gasteiger partial charge in [-0.25, -0.2) is 9.97 Å². The summed E-state index contributed by atoms with van der Waals surface area (Å²) in [6, 6.07) is 48.6. The zero-order valence-corrected chi connectivity index (χ0v) is 32.5. The predicted octanol–water partition coefficient (Wildman–Crippen LogP) is 11.0. The van der Waals surface area contributed by atoms with Crippen molar-refractivity contribution in [2.45, 2.75) is 25.2 Å². The first-order valence-electron chi connectivity index (χ1n) is 19.0. The first kappa shape index (κ1) is 37.3. The first-order chi connectivity index (χ1) is 28.6. The Labute approximate surface area is 336 Å². The van der Waals surface area contributed by atoms with Crippen molar-refractivity contribution in [2.24, 2.45) is 0 Å². The molecule has 0 saturated heterocycles. The molecule has 10 nitrogen and oxygen atoms in total. The van der Waals surface area contributed by atoms with Crippen LogP contribution in [0.25, 0.3) is 66.6 Å². The van der Waals surface area contributed by atoms with Gasteiger partial charge in [0.25, 0.3) is 0 Å². The van der Waals surface area contributed by atoms with Crippen LogP contribution in [0.3, 0.4) is 0 Å². The summed E-state index contributed by atoms with van der Waals surface area (Å²) in [7, 11) is 6.45. The Hall–Kier alpha value is -6.24. The van der Waals surface area contributed by atoms with E-state index in [1.54, 1.807) is 28.4 Å². The summed E-state index contributed by atoms with van der Waals surface area (Å²) in [6.45, 7) is 0. The van der Waals surface area contributed by atoms with Crippen molar-refractivity contribution < 1.29 is 28.4 Å². The normalized spacial score (nSPS) is 18.1. The van der Waals surface area contributed by atoms with Crippen molar-refractivity contribution >= 4 is 22.1 Å². The largest absolute Gasteiger partial charge is 0.354 e. The molecule has 0 unspecified atom stereocenters. The molecule has 9 rings (SSSR count). The summed E-state index contributed by atoms with van der Waals surface area (Å²) < 4.78 is 37.7. The maximum atomic E-state index is 6.69. The van der Waals surface area contributed by atoms with Crippen LogP contribution >= 0.6 is 0 Å². The average molecular weight is 771 g/mol. The van der Waals surface area contributed by atoms with Crippen molar-refractivity contribution in [3.8, 4) is 44.5 Å². The molecule has 0 radical (unpaired) electrons. The maximum Gasteiger partial charge on any atom is 0.204 e. The number of nitrogens with one attached hydrogen (secondary N) is 2. The van der Waals surface area contributed by atoms with Crippen LogP contribution in [0.1, 0.15) is 47.9 Å². The summed E-state index contributed by atoms with van der Waals surface area (Å²) >= 11 is 0. The molecule has 7 aromatic rings. The van der Waals surface area contributed by atoms with E-state index in [0.717, 1.165) is 66.6 Å². The Morgan fingerprint density at radius 1 is 0.345 bits per heavy atom. The lowest BCUT2D eigenvalue weighted by molar-refractivity contribution is -0.247. The van der Waals surface area contributed by atoms with Crippen molar-refractivity contribution in [2.75, 3.05) is 28.4 Å². The van der Waals surface area contributed by atoms with Gasteiger partial charge in [-0.2, -0.15) is 0 Å². The van der Waals surface area contributed by atoms with Gasteiger partial charge in [-0.05, 0) is 46.5 Å². The van der Waals surface area contributed by atoms with Crippen molar-refractivity contribution in [1.82, 2.24) is 19.9 Å². The average Bonchev–Trinajstić information content (AvgIpc) is 3.96. The van der Waals surface area contributed by atoms with Crippen LogP contribution in [0.2, 0.25) is 0 Å². The molecule has 3 aromatic heterocycles. The van der Waals surface area contributed by atoms with Gasteiger partial charge < -0.3 is 38.4 Å². The van der Waals surface area contributed by atoms with Crippen LogP contribution in [0.15, 0.2) is 146 Å². The number of hydrogen-bond acceptors (Lipinski definition) is 8. The number of nitrogens with zero attached hydrogens (tertiary/aromatic N) is 2. The molecule has 8 bridgehead atoms. The molecule has 10 heteroatoms. The highest BCUT2D eigenvalue weighted by Crippen LogP contribution is 2.45. The van der Waals surface area contributed by atoms with Gasteiger partial charge in [0.2, 0.25) is 25.2 Å². The molecule has 0 aliphatic carbocycles. The molecule has 0 fully saturated rings. The Morgan fingerprint density at radius 3 is 0.776 bits per heavy atom. The van der Waals surface area contributed by atoms with E-state index in [9.17, 15) is 0 Å². The van der Waals surface area contributed by atoms with Crippen LogP contribution in [0.5, 0.6) is 0 Å². The van der Waals surface area contributed by atoms with E-state index in [-0.39, 0.29) is 0 Å². The predicted molar refractivity (Wildman–Crippen MR) is 224 cm³/mol. The Morgan fingerprint density at radius 2 is 0.569 bits per heavy atom. The number of rotatable bonds is 8. The van der Waals surface area contributed by atoms with Gasteiger partial charge in [0, 0.05) is 72.8 Å². The highest BCUT2D eigenvalue weighted by atomic mass is 16.8. The zero-order chi connectivity index (χ0) is 39.6. The Kier molecular flexibility index (Phi) is 10.5. The molecule has 4 atom stereocenters. The lowest BCUT2D eigenvalue weighted by atomic mass is 10.0. The second-order valence-electron chi connectivity index (χ2n) is 13.8. The van der Waals surface area contributed by atoms with E-state index >= 15 is 0 Å². The minimum atomic E-state index is -0.876. The van der Waals surface area contributed by atoms with E-state index in [1.807, 2.05) is 97.1 Å². The topological polar surface area (TPSA) is 113 Å². The zero-order valence-electron chi connectivity index (χ0n) is 32.5. The molecule has 2 aliphatic heterocycles. The van der Waals surface area contributed by atoms with Gasteiger partial charge in [0.15, 0.2) is 0 Å². The van der Waals surface area contributed by atoms with E-state index in [4.69, 9.17) is 38.4 Å². The molecule has 0 spiro atoms. The van der Waals surface area contributed by atoms with Gasteiger partial charge >= 0.3 is 0 Å². The summed E-state index contributed by atoms with van der Waals surface area (Å²) in [5.74, 6) is 0. The number of aromatic amines is 2. The molecule has 0 amide bonds. The fourth-order valence-electron chi connectivity index (χ4n) is 7.87. The van der Waals surface area contributed by atoms with E-state index in [0.29, 0.717) is 22.8 Å². The SMILES string of the molecule is CO[C@H]1O[C@H](OC)c2nc1c(-c1ccccc1)c1ccc([nH]1)c(-c1ccccc1)c1nc(c(-c3ccccc3)c3ccc([nH]3)c2-c2ccccc2)[C@@H](OC)O[C@@H]1OC. The smallest absolute Gasteiger partial charge is 0.204 e. The number of methoxy groups -OCH3 is 4. The van der Waals surface area contributed by atoms with Gasteiger partial charge in [-0.1, -0.05) is 121 Å². The molecule has 0 saturated carbocycles. The van der Waals surface area contributed by atoms with Gasteiger partial charge in [-0.3, -0.25) is 0 Å². The monoisotopic (exact) mass is 770 g/mol. The lowest BCUT2D eigenvalue weighted by Crippen LogP contribution is -2.22. The molecular formula is C48H42N4O6. The fraction of sp³-hybridized carbons (Fsp3) is 0.167. The third-order valence-electron chi connectivity index (χ3n) is 10.4. The second kappa shape index (κ2) is 16.3. The molecule has 2 N–H and O–H groups in total. The number of aromatic nitrogens is 4. The third kappa shape index (κ3) is 6.81. The van der Waals surface area contributed by atoms with Crippen molar-refractivity contribution in [3.63, 3.8) is 0 Å². The summed E-state index contributed by atoms with van der Waals surface area (Å²) in [6.07, 6.45) is -3.51. The lowest BCUT2D eigenvalue weighted by Gasteiger charge is -2.29. The van der Waals surface area contributed by atoms with E-state index in [2.05, 4.69) is 58.5 Å². The number of fused-ring (bicyclic) bond motifs is 8.